The van der Waals surface area contributed by atoms with Crippen LogP contribution in [0.25, 0.3) is 0 Å². The van der Waals surface area contributed by atoms with Gasteiger partial charge in [0.05, 0.1) is 0 Å². The number of carbonyl (C=O) groups excluding carboxylic acids is 1. The van der Waals surface area contributed by atoms with Gasteiger partial charge in [0, 0.05) is 19.5 Å². The van der Waals surface area contributed by atoms with Crippen LogP contribution in [0, 0.1) is 0 Å². The lowest BCUT2D eigenvalue weighted by atomic mass is 10.1. The van der Waals surface area contributed by atoms with Gasteiger partial charge in [0.25, 0.3) is 0 Å². The molecule has 0 atom stereocenters. The topological polar surface area (TPSA) is 20.3 Å². The Kier molecular flexibility index (Phi) is 13.2. The summed E-state index contributed by atoms with van der Waals surface area (Å²) in [5, 5.41) is 0. The first-order valence-corrected chi connectivity index (χ1v) is 8.64. The van der Waals surface area contributed by atoms with Gasteiger partial charge in [-0.15, -0.1) is 6.58 Å². The van der Waals surface area contributed by atoms with Crippen molar-refractivity contribution in [3.63, 3.8) is 0 Å². The van der Waals surface area contributed by atoms with Crippen LogP contribution in [0.5, 0.6) is 0 Å². The molecule has 0 radical (unpaired) electrons. The summed E-state index contributed by atoms with van der Waals surface area (Å²) in [6.45, 7) is 13.2. The van der Waals surface area contributed by atoms with Crippen LogP contribution in [0.1, 0.15) is 78.1 Å². The van der Waals surface area contributed by atoms with Crippen LogP contribution in [-0.4, -0.2) is 23.9 Å². The molecule has 21 heavy (non-hydrogen) atoms. The van der Waals surface area contributed by atoms with Gasteiger partial charge in [0.1, 0.15) is 0 Å². The molecular weight excluding hydrogens is 258 g/mol. The maximum absolute atomic E-state index is 12.0. The Hall–Kier alpha value is -1.05. The lowest BCUT2D eigenvalue weighted by Gasteiger charge is -2.21. The molecule has 0 aliphatic rings. The van der Waals surface area contributed by atoms with E-state index in [4.69, 9.17) is 0 Å². The van der Waals surface area contributed by atoms with E-state index >= 15 is 0 Å². The first-order valence-electron chi connectivity index (χ1n) is 8.64. The van der Waals surface area contributed by atoms with Crippen LogP contribution < -0.4 is 0 Å². The summed E-state index contributed by atoms with van der Waals surface area (Å²) in [6.07, 6.45) is 14.1. The van der Waals surface area contributed by atoms with E-state index in [1.165, 1.54) is 51.4 Å². The van der Waals surface area contributed by atoms with Gasteiger partial charge in [0.2, 0.25) is 5.91 Å². The molecule has 122 valence electrons. The Morgan fingerprint density at radius 3 is 2.00 bits per heavy atom. The zero-order valence-electron chi connectivity index (χ0n) is 14.3. The summed E-state index contributed by atoms with van der Waals surface area (Å²) in [4.78, 5) is 13.9. The van der Waals surface area contributed by atoms with Crippen molar-refractivity contribution in [1.29, 1.82) is 0 Å². The van der Waals surface area contributed by atoms with Gasteiger partial charge in [-0.3, -0.25) is 4.79 Å². The second-order valence-corrected chi connectivity index (χ2v) is 6.09. The minimum Gasteiger partial charge on any atom is -0.339 e. The maximum Gasteiger partial charge on any atom is 0.226 e. The Morgan fingerprint density at radius 1 is 1.00 bits per heavy atom. The molecule has 2 nitrogen and oxygen atoms in total. The van der Waals surface area contributed by atoms with Crippen molar-refractivity contribution in [2.24, 2.45) is 0 Å². The molecule has 0 rings (SSSR count). The third-order valence-corrected chi connectivity index (χ3v) is 3.69. The summed E-state index contributed by atoms with van der Waals surface area (Å²) in [5.74, 6) is 0.182. The number of unbranched alkanes of at least 4 members (excludes halogenated alkanes) is 8. The van der Waals surface area contributed by atoms with Crippen molar-refractivity contribution in [2.45, 2.75) is 78.1 Å². The molecule has 0 aliphatic heterocycles. The number of carbonyl (C=O) groups is 1. The van der Waals surface area contributed by atoms with E-state index in [0.717, 1.165) is 18.5 Å². The van der Waals surface area contributed by atoms with E-state index in [1.807, 2.05) is 17.9 Å². The molecule has 0 saturated heterocycles. The fourth-order valence-corrected chi connectivity index (χ4v) is 2.46. The molecular formula is C19H35NO. The predicted octanol–water partition coefficient (Wildman–Crippen LogP) is 5.50. The Morgan fingerprint density at radius 2 is 1.52 bits per heavy atom. The summed E-state index contributed by atoms with van der Waals surface area (Å²) in [7, 11) is 0. The quantitative estimate of drug-likeness (QED) is 0.306. The largest absolute Gasteiger partial charge is 0.339 e. The third kappa shape index (κ3) is 12.4. The SMILES string of the molecule is C=CCN(CCCCCCCCCCC)C(=O)CC(=C)C. The average Bonchev–Trinajstić information content (AvgIpc) is 2.43. The number of hydrogen-bond acceptors (Lipinski definition) is 1. The minimum absolute atomic E-state index is 0.182. The standard InChI is InChI=1S/C19H35NO/c1-5-7-8-9-10-11-12-13-14-16-20(15-6-2)19(21)17-18(3)4/h6H,2-3,5,7-17H2,1,4H3. The minimum atomic E-state index is 0.182. The van der Waals surface area contributed by atoms with Gasteiger partial charge in [-0.25, -0.2) is 0 Å². The summed E-state index contributed by atoms with van der Waals surface area (Å²) >= 11 is 0. The summed E-state index contributed by atoms with van der Waals surface area (Å²) in [6, 6.07) is 0. The second-order valence-electron chi connectivity index (χ2n) is 6.09. The van der Waals surface area contributed by atoms with Gasteiger partial charge < -0.3 is 4.90 Å². The van der Waals surface area contributed by atoms with Gasteiger partial charge in [-0.1, -0.05) is 76.5 Å². The Balaban J connectivity index is 3.67. The molecule has 0 spiro atoms. The number of nitrogens with zero attached hydrogens (tertiary/aromatic N) is 1. The fourth-order valence-electron chi connectivity index (χ4n) is 2.46. The van der Waals surface area contributed by atoms with E-state index in [9.17, 15) is 4.79 Å². The lowest BCUT2D eigenvalue weighted by molar-refractivity contribution is -0.130. The molecule has 0 aromatic rings. The van der Waals surface area contributed by atoms with Gasteiger partial charge in [-0.2, -0.15) is 0 Å². The van der Waals surface area contributed by atoms with Crippen molar-refractivity contribution >= 4 is 5.91 Å². The van der Waals surface area contributed by atoms with Crippen molar-refractivity contribution in [3.8, 4) is 0 Å². The smallest absolute Gasteiger partial charge is 0.226 e. The molecule has 2 heteroatoms. The summed E-state index contributed by atoms with van der Waals surface area (Å²) < 4.78 is 0. The van der Waals surface area contributed by atoms with Crippen molar-refractivity contribution < 1.29 is 4.79 Å². The van der Waals surface area contributed by atoms with Crippen molar-refractivity contribution in [3.05, 3.63) is 24.8 Å². The molecule has 1 amide bonds. The predicted molar refractivity (Wildman–Crippen MR) is 93.4 cm³/mol. The highest BCUT2D eigenvalue weighted by atomic mass is 16.2. The Bertz CT molecular complexity index is 296. The van der Waals surface area contributed by atoms with E-state index < -0.39 is 0 Å². The molecule has 0 unspecified atom stereocenters. The number of amides is 1. The van der Waals surface area contributed by atoms with Crippen LogP contribution in [0.3, 0.4) is 0 Å². The zero-order valence-corrected chi connectivity index (χ0v) is 14.3. The van der Waals surface area contributed by atoms with Gasteiger partial charge in [-0.05, 0) is 13.3 Å². The monoisotopic (exact) mass is 293 g/mol. The Labute approximate surface area is 132 Å². The van der Waals surface area contributed by atoms with Crippen LogP contribution >= 0.6 is 0 Å². The summed E-state index contributed by atoms with van der Waals surface area (Å²) in [5.41, 5.74) is 0.932. The van der Waals surface area contributed by atoms with Crippen LogP contribution in [-0.2, 0) is 4.79 Å². The normalized spacial score (nSPS) is 10.4. The first kappa shape index (κ1) is 19.9. The van der Waals surface area contributed by atoms with Crippen molar-refractivity contribution in [1.82, 2.24) is 4.90 Å². The van der Waals surface area contributed by atoms with E-state index in [0.29, 0.717) is 13.0 Å². The van der Waals surface area contributed by atoms with E-state index in [2.05, 4.69) is 20.1 Å². The average molecular weight is 293 g/mol. The van der Waals surface area contributed by atoms with Crippen LogP contribution in [0.15, 0.2) is 24.8 Å². The number of rotatable bonds is 14. The highest BCUT2D eigenvalue weighted by Gasteiger charge is 2.11. The van der Waals surface area contributed by atoms with Crippen LogP contribution in [0.2, 0.25) is 0 Å². The molecule has 0 saturated carbocycles. The van der Waals surface area contributed by atoms with E-state index in [1.54, 1.807) is 0 Å². The molecule has 0 aromatic heterocycles. The zero-order chi connectivity index (χ0) is 15.9. The molecule has 0 aromatic carbocycles. The first-order chi connectivity index (χ1) is 10.1. The molecule has 0 heterocycles. The number of hydrogen-bond donors (Lipinski definition) is 0. The molecule has 0 aliphatic carbocycles. The fraction of sp³-hybridized carbons (Fsp3) is 0.737. The van der Waals surface area contributed by atoms with Gasteiger partial charge in [0.15, 0.2) is 0 Å². The second kappa shape index (κ2) is 13.9. The van der Waals surface area contributed by atoms with Crippen molar-refractivity contribution in [2.75, 3.05) is 13.1 Å². The molecule has 0 bridgehead atoms. The highest BCUT2D eigenvalue weighted by Crippen LogP contribution is 2.10. The highest BCUT2D eigenvalue weighted by molar-refractivity contribution is 5.78. The maximum atomic E-state index is 12.0. The molecule has 0 fully saturated rings. The van der Waals surface area contributed by atoms with E-state index in [-0.39, 0.29) is 5.91 Å². The van der Waals surface area contributed by atoms with Crippen LogP contribution in [0.4, 0.5) is 0 Å². The lowest BCUT2D eigenvalue weighted by Crippen LogP contribution is -2.32. The molecule has 0 N–H and O–H groups in total. The van der Waals surface area contributed by atoms with Gasteiger partial charge >= 0.3 is 0 Å². The third-order valence-electron chi connectivity index (χ3n) is 3.69.